The summed E-state index contributed by atoms with van der Waals surface area (Å²) >= 11 is 6.31. The highest BCUT2D eigenvalue weighted by Crippen LogP contribution is 2.39. The van der Waals surface area contributed by atoms with Gasteiger partial charge in [-0.05, 0) is 24.6 Å². The molecule has 2 aromatic rings. The Labute approximate surface area is 140 Å². The van der Waals surface area contributed by atoms with Gasteiger partial charge in [0, 0.05) is 44.1 Å². The van der Waals surface area contributed by atoms with Gasteiger partial charge in [-0.3, -0.25) is 9.88 Å². The van der Waals surface area contributed by atoms with Gasteiger partial charge in [0.25, 0.3) is 0 Å². The SMILES string of the molecule is N#Cc1cnc(N2C3CC2CN(Cc2ccccn2)C3)c(Cl)c1. The molecule has 6 heteroatoms. The third-order valence-electron chi connectivity index (χ3n) is 4.58. The fourth-order valence-corrected chi connectivity index (χ4v) is 3.84. The molecule has 5 heterocycles. The largest absolute Gasteiger partial charge is 0.347 e. The van der Waals surface area contributed by atoms with Crippen molar-refractivity contribution in [2.75, 3.05) is 18.0 Å². The third kappa shape index (κ3) is 2.65. The first kappa shape index (κ1) is 14.4. The molecule has 3 saturated heterocycles. The minimum Gasteiger partial charge on any atom is -0.347 e. The van der Waals surface area contributed by atoms with Crippen molar-refractivity contribution in [1.29, 1.82) is 5.26 Å². The number of rotatable bonds is 3. The van der Waals surface area contributed by atoms with E-state index in [0.29, 0.717) is 22.7 Å². The summed E-state index contributed by atoms with van der Waals surface area (Å²) in [6.07, 6.45) is 4.62. The highest BCUT2D eigenvalue weighted by Gasteiger charge is 2.45. The Hall–Kier alpha value is -2.16. The van der Waals surface area contributed by atoms with E-state index >= 15 is 0 Å². The molecule has 0 amide bonds. The van der Waals surface area contributed by atoms with Crippen molar-refractivity contribution in [1.82, 2.24) is 14.9 Å². The molecule has 2 unspecified atom stereocenters. The lowest BCUT2D eigenvalue weighted by molar-refractivity contribution is 0.106. The molecule has 0 N–H and O–H groups in total. The van der Waals surface area contributed by atoms with Crippen molar-refractivity contribution in [2.45, 2.75) is 25.0 Å². The van der Waals surface area contributed by atoms with Gasteiger partial charge in [-0.15, -0.1) is 0 Å². The summed E-state index contributed by atoms with van der Waals surface area (Å²) in [4.78, 5) is 13.6. The lowest BCUT2D eigenvalue weighted by Crippen LogP contribution is -2.69. The van der Waals surface area contributed by atoms with Crippen LogP contribution in [-0.2, 0) is 6.54 Å². The topological polar surface area (TPSA) is 56.1 Å². The van der Waals surface area contributed by atoms with E-state index in [1.165, 1.54) is 6.42 Å². The first-order valence-corrected chi connectivity index (χ1v) is 8.08. The number of nitrogens with zero attached hydrogens (tertiary/aromatic N) is 5. The van der Waals surface area contributed by atoms with Crippen LogP contribution in [0.5, 0.6) is 0 Å². The summed E-state index contributed by atoms with van der Waals surface area (Å²) in [7, 11) is 0. The predicted octanol–water partition coefficient (Wildman–Crippen LogP) is 2.46. The first-order chi connectivity index (χ1) is 11.2. The Balaban J connectivity index is 1.47. The maximum absolute atomic E-state index is 8.92. The number of hydrogen-bond donors (Lipinski definition) is 0. The quantitative estimate of drug-likeness (QED) is 0.867. The van der Waals surface area contributed by atoms with Gasteiger partial charge in [-0.25, -0.2) is 4.98 Å². The van der Waals surface area contributed by atoms with Crippen LogP contribution in [0.15, 0.2) is 36.7 Å². The number of piperazine rings is 1. The summed E-state index contributed by atoms with van der Waals surface area (Å²) in [6, 6.07) is 10.7. The summed E-state index contributed by atoms with van der Waals surface area (Å²) in [5.41, 5.74) is 1.61. The van der Waals surface area contributed by atoms with Gasteiger partial charge >= 0.3 is 0 Å². The number of hydrogen-bond acceptors (Lipinski definition) is 5. The predicted molar refractivity (Wildman–Crippen MR) is 88.1 cm³/mol. The van der Waals surface area contributed by atoms with Crippen molar-refractivity contribution >= 4 is 17.4 Å². The molecule has 0 aromatic carbocycles. The highest BCUT2D eigenvalue weighted by molar-refractivity contribution is 6.33. The van der Waals surface area contributed by atoms with Gasteiger partial charge in [-0.1, -0.05) is 17.7 Å². The molecule has 5 nitrogen and oxygen atoms in total. The molecule has 116 valence electrons. The van der Waals surface area contributed by atoms with Gasteiger partial charge < -0.3 is 4.90 Å². The average molecular weight is 326 g/mol. The number of nitriles is 1. The lowest BCUT2D eigenvalue weighted by Gasteiger charge is -2.57. The summed E-state index contributed by atoms with van der Waals surface area (Å²) in [6.45, 7) is 2.87. The molecule has 0 saturated carbocycles. The minimum atomic E-state index is 0.440. The fourth-order valence-electron chi connectivity index (χ4n) is 3.57. The molecule has 2 aromatic heterocycles. The number of fused-ring (bicyclic) bond motifs is 2. The van der Waals surface area contributed by atoms with Crippen LogP contribution in [0.25, 0.3) is 0 Å². The molecule has 3 aliphatic heterocycles. The van der Waals surface area contributed by atoms with Crippen LogP contribution in [0.2, 0.25) is 5.02 Å². The van der Waals surface area contributed by atoms with Crippen molar-refractivity contribution < 1.29 is 0 Å². The maximum atomic E-state index is 8.92. The zero-order valence-electron chi connectivity index (χ0n) is 12.6. The number of aromatic nitrogens is 2. The van der Waals surface area contributed by atoms with Crippen LogP contribution in [0.3, 0.4) is 0 Å². The highest BCUT2D eigenvalue weighted by atomic mass is 35.5. The Kier molecular flexibility index (Phi) is 3.64. The van der Waals surface area contributed by atoms with E-state index in [0.717, 1.165) is 31.1 Å². The third-order valence-corrected chi connectivity index (χ3v) is 4.85. The second-order valence-electron chi connectivity index (χ2n) is 6.11. The fraction of sp³-hybridized carbons (Fsp3) is 0.353. The van der Waals surface area contributed by atoms with Gasteiger partial charge in [0.15, 0.2) is 0 Å². The molecule has 2 bridgehead atoms. The van der Waals surface area contributed by atoms with E-state index in [9.17, 15) is 0 Å². The van der Waals surface area contributed by atoms with Gasteiger partial charge in [0.05, 0.1) is 16.3 Å². The van der Waals surface area contributed by atoms with E-state index in [2.05, 4.69) is 31.9 Å². The molecule has 3 aliphatic rings. The normalized spacial score (nSPS) is 23.2. The molecular weight excluding hydrogens is 310 g/mol. The number of halogens is 1. The van der Waals surface area contributed by atoms with E-state index < -0.39 is 0 Å². The molecule has 2 atom stereocenters. The Morgan fingerprint density at radius 1 is 1.26 bits per heavy atom. The van der Waals surface area contributed by atoms with Crippen LogP contribution in [0.4, 0.5) is 5.82 Å². The van der Waals surface area contributed by atoms with Crippen molar-refractivity contribution in [3.8, 4) is 6.07 Å². The molecular formula is C17H16ClN5. The molecule has 3 fully saturated rings. The monoisotopic (exact) mass is 325 g/mol. The molecule has 0 spiro atoms. The van der Waals surface area contributed by atoms with E-state index in [1.807, 2.05) is 18.3 Å². The second-order valence-corrected chi connectivity index (χ2v) is 6.51. The Morgan fingerprint density at radius 2 is 2.09 bits per heavy atom. The first-order valence-electron chi connectivity index (χ1n) is 7.71. The Morgan fingerprint density at radius 3 is 2.74 bits per heavy atom. The van der Waals surface area contributed by atoms with E-state index in [1.54, 1.807) is 12.3 Å². The number of pyridine rings is 2. The molecule has 5 rings (SSSR count). The van der Waals surface area contributed by atoms with Crippen molar-refractivity contribution in [3.63, 3.8) is 0 Å². The lowest BCUT2D eigenvalue weighted by atomic mass is 9.87. The summed E-state index contributed by atoms with van der Waals surface area (Å²) in [5, 5.41) is 9.49. The van der Waals surface area contributed by atoms with E-state index in [4.69, 9.17) is 16.9 Å². The summed E-state index contributed by atoms with van der Waals surface area (Å²) in [5.74, 6) is 0.810. The standard InChI is InChI=1S/C17H16ClN5/c18-16-5-12(7-19)8-21-17(16)23-14-6-15(23)11-22(10-14)9-13-3-1-2-4-20-13/h1-5,8,14-15H,6,9-11H2. The van der Waals surface area contributed by atoms with Gasteiger partial charge in [-0.2, -0.15) is 5.26 Å². The smallest absolute Gasteiger partial charge is 0.148 e. The van der Waals surface area contributed by atoms with Crippen LogP contribution in [0.1, 0.15) is 17.7 Å². The Bertz CT molecular complexity index is 745. The number of anilines is 1. The van der Waals surface area contributed by atoms with Crippen LogP contribution in [-0.4, -0.2) is 40.0 Å². The second kappa shape index (κ2) is 5.80. The van der Waals surface area contributed by atoms with E-state index in [-0.39, 0.29) is 0 Å². The average Bonchev–Trinajstić information content (AvgIpc) is 2.57. The van der Waals surface area contributed by atoms with Gasteiger partial charge in [0.1, 0.15) is 11.9 Å². The molecule has 23 heavy (non-hydrogen) atoms. The van der Waals surface area contributed by atoms with Gasteiger partial charge in [0.2, 0.25) is 0 Å². The molecule has 0 radical (unpaired) electrons. The van der Waals surface area contributed by atoms with Crippen molar-refractivity contribution in [2.24, 2.45) is 0 Å². The number of piperidine rings is 1. The van der Waals surface area contributed by atoms with Crippen LogP contribution >= 0.6 is 11.6 Å². The van der Waals surface area contributed by atoms with Crippen LogP contribution in [0, 0.1) is 11.3 Å². The zero-order chi connectivity index (χ0) is 15.8. The van der Waals surface area contributed by atoms with Crippen LogP contribution < -0.4 is 4.90 Å². The minimum absolute atomic E-state index is 0.440. The van der Waals surface area contributed by atoms with Crippen molar-refractivity contribution in [3.05, 3.63) is 52.9 Å². The zero-order valence-corrected chi connectivity index (χ0v) is 13.3. The molecule has 0 aliphatic carbocycles. The summed E-state index contributed by atoms with van der Waals surface area (Å²) < 4.78 is 0. The maximum Gasteiger partial charge on any atom is 0.148 e.